The number of nitrogens with zero attached hydrogens (tertiary/aromatic N) is 2. The first-order valence-corrected chi connectivity index (χ1v) is 10.8. The Morgan fingerprint density at radius 1 is 1.13 bits per heavy atom. The van der Waals surface area contributed by atoms with Crippen LogP contribution in [0.5, 0.6) is 11.5 Å². The van der Waals surface area contributed by atoms with Crippen molar-refractivity contribution in [2.45, 2.75) is 18.9 Å². The summed E-state index contributed by atoms with van der Waals surface area (Å²) in [5.41, 5.74) is 0.383. The first-order valence-electron chi connectivity index (χ1n) is 9.93. The van der Waals surface area contributed by atoms with Crippen LogP contribution in [0.2, 0.25) is 0 Å². The molecular formula is C22H22N2O6S. The highest BCUT2D eigenvalue weighted by molar-refractivity contribution is 8.15. The van der Waals surface area contributed by atoms with E-state index in [0.717, 1.165) is 17.3 Å². The minimum Gasteiger partial charge on any atom is -0.494 e. The van der Waals surface area contributed by atoms with E-state index >= 15 is 0 Å². The van der Waals surface area contributed by atoms with Crippen LogP contribution in [0.25, 0.3) is 0 Å². The van der Waals surface area contributed by atoms with Crippen LogP contribution in [0.4, 0.5) is 4.79 Å². The van der Waals surface area contributed by atoms with Crippen molar-refractivity contribution in [3.63, 3.8) is 0 Å². The van der Waals surface area contributed by atoms with E-state index in [1.54, 1.807) is 18.2 Å². The summed E-state index contributed by atoms with van der Waals surface area (Å²) >= 11 is 0.848. The second kappa shape index (κ2) is 9.40. The van der Waals surface area contributed by atoms with Gasteiger partial charge in [0.05, 0.1) is 25.3 Å². The fourth-order valence-electron chi connectivity index (χ4n) is 3.31. The molecule has 2 aromatic rings. The van der Waals surface area contributed by atoms with E-state index in [-0.39, 0.29) is 43.5 Å². The maximum atomic E-state index is 12.8. The number of carbonyl (C=O) groups is 3. The molecule has 2 aliphatic rings. The molecule has 0 aromatic heterocycles. The lowest BCUT2D eigenvalue weighted by atomic mass is 10.1. The molecule has 3 amide bonds. The van der Waals surface area contributed by atoms with Crippen molar-refractivity contribution >= 4 is 28.8 Å². The monoisotopic (exact) mass is 442 g/mol. The number of amides is 3. The van der Waals surface area contributed by atoms with E-state index < -0.39 is 5.44 Å². The number of hydrogen-bond acceptors (Lipinski definition) is 7. The molecule has 0 radical (unpaired) electrons. The Kier molecular flexibility index (Phi) is 6.43. The summed E-state index contributed by atoms with van der Waals surface area (Å²) in [7, 11) is 0. The van der Waals surface area contributed by atoms with Crippen molar-refractivity contribution < 1.29 is 28.6 Å². The molecule has 4 rings (SSSR count). The topological polar surface area (TPSA) is 85.4 Å². The van der Waals surface area contributed by atoms with Crippen molar-refractivity contribution in [1.82, 2.24) is 9.80 Å². The lowest BCUT2D eigenvalue weighted by Crippen LogP contribution is -2.41. The van der Waals surface area contributed by atoms with Crippen LogP contribution >= 0.6 is 11.8 Å². The van der Waals surface area contributed by atoms with Crippen LogP contribution < -0.4 is 9.47 Å². The van der Waals surface area contributed by atoms with Gasteiger partial charge in [0.1, 0.15) is 11.5 Å². The molecule has 1 atom stereocenters. The third-order valence-corrected chi connectivity index (χ3v) is 5.84. The number of rotatable bonds is 8. The van der Waals surface area contributed by atoms with Crippen LogP contribution in [0.15, 0.2) is 48.5 Å². The predicted molar refractivity (Wildman–Crippen MR) is 114 cm³/mol. The maximum Gasteiger partial charge on any atom is 0.291 e. The number of imide groups is 1. The van der Waals surface area contributed by atoms with Gasteiger partial charge >= 0.3 is 0 Å². The van der Waals surface area contributed by atoms with Crippen LogP contribution in [0.1, 0.15) is 22.8 Å². The van der Waals surface area contributed by atoms with Crippen molar-refractivity contribution in [1.29, 1.82) is 0 Å². The molecule has 9 heteroatoms. The average molecular weight is 442 g/mol. The van der Waals surface area contributed by atoms with Gasteiger partial charge in [-0.3, -0.25) is 19.3 Å². The fourth-order valence-corrected chi connectivity index (χ4v) is 4.16. The maximum absolute atomic E-state index is 12.8. The molecule has 0 N–H and O–H groups in total. The highest BCUT2D eigenvalue weighted by Gasteiger charge is 2.40. The Labute approximate surface area is 184 Å². The van der Waals surface area contributed by atoms with Gasteiger partial charge in [-0.25, -0.2) is 0 Å². The number of ether oxygens (including phenoxy) is 3. The number of fused-ring (bicyclic) bond motifs is 1. The zero-order chi connectivity index (χ0) is 21.8. The summed E-state index contributed by atoms with van der Waals surface area (Å²) in [4.78, 5) is 40.2. The van der Waals surface area contributed by atoms with Gasteiger partial charge in [-0.05, 0) is 42.4 Å². The molecule has 2 aliphatic heterocycles. The third-order valence-electron chi connectivity index (χ3n) is 4.87. The molecule has 2 heterocycles. The van der Waals surface area contributed by atoms with Crippen LogP contribution in [-0.2, 0) is 16.1 Å². The Morgan fingerprint density at radius 2 is 1.94 bits per heavy atom. The molecule has 162 valence electrons. The molecule has 0 bridgehead atoms. The lowest BCUT2D eigenvalue weighted by molar-refractivity contribution is -0.134. The van der Waals surface area contributed by atoms with E-state index in [4.69, 9.17) is 14.2 Å². The zero-order valence-corrected chi connectivity index (χ0v) is 17.8. The Morgan fingerprint density at radius 3 is 2.71 bits per heavy atom. The van der Waals surface area contributed by atoms with E-state index in [9.17, 15) is 14.4 Å². The minimum absolute atomic E-state index is 0.0913. The normalized spacial score (nSPS) is 18.2. The quantitative estimate of drug-likeness (QED) is 0.621. The minimum atomic E-state index is -0.908. The summed E-state index contributed by atoms with van der Waals surface area (Å²) in [5.74, 6) is 0.529. The van der Waals surface area contributed by atoms with Gasteiger partial charge in [0.2, 0.25) is 0 Å². The molecule has 31 heavy (non-hydrogen) atoms. The summed E-state index contributed by atoms with van der Waals surface area (Å²) in [6.45, 7) is 3.00. The largest absolute Gasteiger partial charge is 0.494 e. The van der Waals surface area contributed by atoms with Crippen LogP contribution in [0.3, 0.4) is 0 Å². The molecule has 0 spiro atoms. The van der Waals surface area contributed by atoms with Crippen molar-refractivity contribution in [2.24, 2.45) is 0 Å². The molecule has 1 saturated heterocycles. The lowest BCUT2D eigenvalue weighted by Gasteiger charge is -2.29. The van der Waals surface area contributed by atoms with Crippen molar-refractivity contribution in [3.8, 4) is 11.5 Å². The average Bonchev–Trinajstić information content (AvgIpc) is 3.04. The van der Waals surface area contributed by atoms with Gasteiger partial charge in [0, 0.05) is 6.54 Å². The molecule has 0 saturated carbocycles. The van der Waals surface area contributed by atoms with Gasteiger partial charge in [-0.1, -0.05) is 30.3 Å². The summed E-state index contributed by atoms with van der Waals surface area (Å²) in [5, 5.41) is -0.339. The van der Waals surface area contributed by atoms with E-state index in [0.29, 0.717) is 23.7 Å². The standard InChI is InChI=1S/C22H22N2O6S/c1-2-28-16-8-9-18-17(12-16)19(25)23(14-30-18)10-11-29-21-20(26)24(22(27)31-21)13-15-6-4-3-5-7-15/h3-9,12,21H,2,10-11,13-14H2,1H3. The Balaban J connectivity index is 1.31. The number of benzene rings is 2. The Hall–Kier alpha value is -3.04. The second-order valence-electron chi connectivity index (χ2n) is 6.93. The van der Waals surface area contributed by atoms with Crippen molar-refractivity contribution in [3.05, 3.63) is 59.7 Å². The molecule has 2 aromatic carbocycles. The zero-order valence-electron chi connectivity index (χ0n) is 17.0. The molecular weight excluding hydrogens is 420 g/mol. The van der Waals surface area contributed by atoms with Gasteiger partial charge < -0.3 is 19.1 Å². The van der Waals surface area contributed by atoms with Crippen molar-refractivity contribution in [2.75, 3.05) is 26.5 Å². The predicted octanol–water partition coefficient (Wildman–Crippen LogP) is 3.12. The number of carbonyl (C=O) groups excluding carboxylic acids is 3. The van der Waals surface area contributed by atoms with Gasteiger partial charge in [-0.2, -0.15) is 0 Å². The first kappa shape index (κ1) is 21.2. The molecule has 1 unspecified atom stereocenters. The van der Waals surface area contributed by atoms with E-state index in [1.165, 1.54) is 9.80 Å². The number of thioether (sulfide) groups is 1. The fraction of sp³-hybridized carbons (Fsp3) is 0.318. The molecule has 1 fully saturated rings. The highest BCUT2D eigenvalue weighted by atomic mass is 32.2. The SMILES string of the molecule is CCOc1ccc2c(c1)C(=O)N(CCOC1SC(=O)N(Cc3ccccc3)C1=O)CO2. The highest BCUT2D eigenvalue weighted by Crippen LogP contribution is 2.30. The first-order chi connectivity index (χ1) is 15.1. The molecule has 0 aliphatic carbocycles. The van der Waals surface area contributed by atoms with Crippen LogP contribution in [0, 0.1) is 0 Å². The second-order valence-corrected chi connectivity index (χ2v) is 7.94. The summed E-state index contributed by atoms with van der Waals surface area (Å²) < 4.78 is 16.7. The third kappa shape index (κ3) is 4.67. The van der Waals surface area contributed by atoms with Gasteiger partial charge in [0.25, 0.3) is 17.1 Å². The summed E-state index contributed by atoms with van der Waals surface area (Å²) in [6, 6.07) is 14.4. The number of hydrogen-bond donors (Lipinski definition) is 0. The van der Waals surface area contributed by atoms with E-state index in [2.05, 4.69) is 0 Å². The van der Waals surface area contributed by atoms with Crippen LogP contribution in [-0.4, -0.2) is 58.8 Å². The van der Waals surface area contributed by atoms with Gasteiger partial charge in [-0.15, -0.1) is 0 Å². The smallest absolute Gasteiger partial charge is 0.291 e. The van der Waals surface area contributed by atoms with Gasteiger partial charge in [0.15, 0.2) is 12.2 Å². The Bertz CT molecular complexity index is 983. The summed E-state index contributed by atoms with van der Waals surface area (Å²) in [6.07, 6.45) is 0. The van der Waals surface area contributed by atoms with E-state index in [1.807, 2.05) is 37.3 Å². The molecule has 8 nitrogen and oxygen atoms in total.